The molecule has 1 aromatic rings. The first-order chi connectivity index (χ1) is 16.0. The summed E-state index contributed by atoms with van der Waals surface area (Å²) in [5, 5.41) is 11.3. The van der Waals surface area contributed by atoms with E-state index in [1.807, 2.05) is 0 Å². The molecule has 0 amide bonds. The Morgan fingerprint density at radius 1 is 1.39 bits per heavy atom. The molecule has 2 aliphatic rings. The Balaban J connectivity index is 2.67. The van der Waals surface area contributed by atoms with Gasteiger partial charge < -0.3 is 14.6 Å². The monoisotopic (exact) mass is 332 g/mol. The highest BCUT2D eigenvalue weighted by atomic mass is 16.5. The van der Waals surface area contributed by atoms with E-state index in [1.165, 1.54) is 13.8 Å². The molecule has 128 valence electrons. The summed E-state index contributed by atoms with van der Waals surface area (Å²) in [5.41, 5.74) is -1.98. The molecule has 1 saturated heterocycles. The SMILES string of the molecule is [2H]c1c(OC)c(OC)c([2H])c2c1C([2H])([2H])C([2H])([2H])N1C([2H])([2H])C([2H])(CC(C)C)C([2H])(O)C([2H])([2H])C21[2H]. The van der Waals surface area contributed by atoms with Gasteiger partial charge in [-0.05, 0) is 54.2 Å². The summed E-state index contributed by atoms with van der Waals surface area (Å²) < 4.78 is 124. The van der Waals surface area contributed by atoms with Crippen molar-refractivity contribution in [2.24, 2.45) is 11.8 Å². The number of hydrogen-bond acceptors (Lipinski definition) is 4. The van der Waals surface area contributed by atoms with Crippen LogP contribution in [0.2, 0.25) is 0 Å². The van der Waals surface area contributed by atoms with E-state index in [0.717, 1.165) is 14.2 Å². The van der Waals surface area contributed by atoms with Crippen LogP contribution >= 0.6 is 0 Å². The van der Waals surface area contributed by atoms with Crippen LogP contribution < -0.4 is 9.47 Å². The number of methoxy groups -OCH3 is 2. The largest absolute Gasteiger partial charge is 0.493 e. The summed E-state index contributed by atoms with van der Waals surface area (Å²) >= 11 is 0. The molecule has 1 N–H and O–H groups in total. The number of benzene rings is 1. The van der Waals surface area contributed by atoms with Crippen molar-refractivity contribution in [2.75, 3.05) is 27.2 Å². The van der Waals surface area contributed by atoms with E-state index < -0.39 is 90.8 Å². The van der Waals surface area contributed by atoms with Crippen molar-refractivity contribution >= 4 is 0 Å². The lowest BCUT2D eigenvalue weighted by molar-refractivity contribution is -0.0191. The number of ether oxygens (including phenoxy) is 2. The summed E-state index contributed by atoms with van der Waals surface area (Å²) in [6.07, 6.45) is -11.4. The predicted octanol–water partition coefficient (Wildman–Crippen LogP) is 3.03. The maximum atomic E-state index is 11.3. The van der Waals surface area contributed by atoms with Crippen LogP contribution in [-0.2, 0) is 6.37 Å². The van der Waals surface area contributed by atoms with Crippen LogP contribution in [-0.4, -0.2) is 43.3 Å². The van der Waals surface area contributed by atoms with Crippen molar-refractivity contribution in [3.05, 3.63) is 23.2 Å². The Hall–Kier alpha value is -1.26. The van der Waals surface area contributed by atoms with E-state index in [2.05, 4.69) is 0 Å². The van der Waals surface area contributed by atoms with Gasteiger partial charge in [-0.15, -0.1) is 0 Å². The van der Waals surface area contributed by atoms with Crippen LogP contribution in [0, 0.1) is 11.8 Å². The zero-order chi connectivity index (χ0) is 28.2. The highest BCUT2D eigenvalue weighted by molar-refractivity contribution is 5.49. The summed E-state index contributed by atoms with van der Waals surface area (Å²) in [6.45, 7) is -4.10. The van der Waals surface area contributed by atoms with Gasteiger partial charge in [0.1, 0.15) is 0 Å². The molecule has 4 heteroatoms. The third kappa shape index (κ3) is 3.20. The lowest BCUT2D eigenvalue weighted by atomic mass is 9.79. The van der Waals surface area contributed by atoms with Crippen LogP contribution in [0.4, 0.5) is 0 Å². The Morgan fingerprint density at radius 2 is 2.09 bits per heavy atom. The highest BCUT2D eigenvalue weighted by Gasteiger charge is 2.38. The second-order valence-corrected chi connectivity index (χ2v) is 5.65. The maximum absolute atomic E-state index is 11.3. The van der Waals surface area contributed by atoms with Crippen molar-refractivity contribution in [1.29, 1.82) is 0 Å². The normalized spacial score (nSPS) is 54.1. The van der Waals surface area contributed by atoms with Gasteiger partial charge in [-0.3, -0.25) is 4.90 Å². The van der Waals surface area contributed by atoms with E-state index in [-0.39, 0.29) is 4.90 Å². The van der Waals surface area contributed by atoms with Gasteiger partial charge in [-0.1, -0.05) is 13.8 Å². The third-order valence-corrected chi connectivity index (χ3v) is 3.48. The lowest BCUT2D eigenvalue weighted by Gasteiger charge is -2.46. The van der Waals surface area contributed by atoms with Crippen molar-refractivity contribution in [3.63, 3.8) is 0 Å². The molecule has 0 aromatic heterocycles. The number of hydrogen-bond donors (Lipinski definition) is 1. The average Bonchev–Trinajstić information content (AvgIpc) is 2.70. The smallest absolute Gasteiger partial charge is 0.161 e. The zero-order valence-electron chi connectivity index (χ0n) is 26.5. The number of fused-ring (bicyclic) bond motifs is 3. The molecule has 3 atom stereocenters. The van der Waals surface area contributed by atoms with Crippen LogP contribution in [0.3, 0.4) is 0 Å². The van der Waals surface area contributed by atoms with Gasteiger partial charge in [0.25, 0.3) is 0 Å². The molecule has 4 nitrogen and oxygen atoms in total. The summed E-state index contributed by atoms with van der Waals surface area (Å²) in [7, 11) is 2.15. The zero-order valence-corrected chi connectivity index (χ0v) is 13.5. The number of piperidine rings is 1. The van der Waals surface area contributed by atoms with Crippen molar-refractivity contribution in [1.82, 2.24) is 4.90 Å². The Bertz CT molecular complexity index is 1090. The van der Waals surface area contributed by atoms with Crippen LogP contribution in [0.1, 0.15) is 61.6 Å². The number of aliphatic hydroxyl groups is 1. The Morgan fingerprint density at radius 3 is 2.74 bits per heavy atom. The topological polar surface area (TPSA) is 41.9 Å². The summed E-state index contributed by atoms with van der Waals surface area (Å²) in [4.78, 5) is -0.128. The molecule has 1 aromatic carbocycles. The van der Waals surface area contributed by atoms with Crippen molar-refractivity contribution in [3.8, 4) is 11.5 Å². The molecule has 0 bridgehead atoms. The highest BCUT2D eigenvalue weighted by Crippen LogP contribution is 2.43. The lowest BCUT2D eigenvalue weighted by Crippen LogP contribution is -2.48. The minimum atomic E-state index is -3.71. The molecule has 3 rings (SSSR count). The quantitative estimate of drug-likeness (QED) is 0.920. The molecule has 0 spiro atoms. The van der Waals surface area contributed by atoms with Gasteiger partial charge in [0.15, 0.2) is 11.5 Å². The third-order valence-electron chi connectivity index (χ3n) is 3.48. The van der Waals surface area contributed by atoms with Gasteiger partial charge in [0, 0.05) is 31.3 Å². The standard InChI is InChI=1S/C19H29NO3/c1-12(2)7-14-11-20-6-5-13-8-18(22-3)19(23-4)9-15(13)16(20)10-17(14)21/h8-9,12,14,16-17,21H,5-7,10-11H2,1-4H3/i5D2,6D2,8D,9D,10D2,11D2,14D,16D,17D. The maximum Gasteiger partial charge on any atom is 0.161 e. The van der Waals surface area contributed by atoms with E-state index >= 15 is 0 Å². The molecule has 23 heavy (non-hydrogen) atoms. The average molecular weight is 333 g/mol. The molecule has 2 heterocycles. The molecule has 0 radical (unpaired) electrons. The van der Waals surface area contributed by atoms with E-state index in [4.69, 9.17) is 25.9 Å². The van der Waals surface area contributed by atoms with Crippen molar-refractivity contribution < 1.29 is 32.4 Å². The van der Waals surface area contributed by atoms with Crippen LogP contribution in [0.5, 0.6) is 11.5 Å². The molecular formula is C19H29NO3. The van der Waals surface area contributed by atoms with Gasteiger partial charge >= 0.3 is 0 Å². The molecule has 2 aliphatic heterocycles. The van der Waals surface area contributed by atoms with E-state index in [0.29, 0.717) is 0 Å². The van der Waals surface area contributed by atoms with Crippen molar-refractivity contribution in [2.45, 2.75) is 45.1 Å². The fourth-order valence-corrected chi connectivity index (χ4v) is 2.43. The molecular weight excluding hydrogens is 290 g/mol. The van der Waals surface area contributed by atoms with Crippen LogP contribution in [0.25, 0.3) is 0 Å². The van der Waals surface area contributed by atoms with Crippen LogP contribution in [0.15, 0.2) is 12.1 Å². The molecule has 3 unspecified atom stereocenters. The number of nitrogens with zero attached hydrogens (tertiary/aromatic N) is 1. The van der Waals surface area contributed by atoms with Gasteiger partial charge in [0.2, 0.25) is 0 Å². The first kappa shape index (κ1) is 6.93. The Kier molecular flexibility index (Phi) is 2.02. The second-order valence-electron chi connectivity index (χ2n) is 5.65. The fourth-order valence-electron chi connectivity index (χ4n) is 2.43. The van der Waals surface area contributed by atoms with Gasteiger partial charge in [-0.2, -0.15) is 0 Å². The minimum Gasteiger partial charge on any atom is -0.493 e. The van der Waals surface area contributed by atoms with Gasteiger partial charge in [-0.25, -0.2) is 0 Å². The van der Waals surface area contributed by atoms with E-state index in [9.17, 15) is 6.48 Å². The first-order valence-corrected chi connectivity index (χ1v) is 7.29. The van der Waals surface area contributed by atoms with Gasteiger partial charge in [0.05, 0.1) is 25.8 Å². The molecule has 0 saturated carbocycles. The number of rotatable bonds is 4. The predicted molar refractivity (Wildman–Crippen MR) is 91.1 cm³/mol. The Labute approximate surface area is 157 Å². The second kappa shape index (κ2) is 6.70. The van der Waals surface area contributed by atoms with E-state index in [1.54, 1.807) is 0 Å². The molecule has 0 aliphatic carbocycles. The minimum absolute atomic E-state index is 0.128. The first-order valence-electron chi connectivity index (χ1n) is 13.8. The fraction of sp³-hybridized carbons (Fsp3) is 0.684. The molecule has 1 fully saturated rings. The summed E-state index contributed by atoms with van der Waals surface area (Å²) in [5.74, 6) is -4.74. The summed E-state index contributed by atoms with van der Waals surface area (Å²) in [6, 6.07) is -5.28.